The van der Waals surface area contributed by atoms with E-state index in [1.165, 1.54) is 5.56 Å². The highest BCUT2D eigenvalue weighted by molar-refractivity contribution is 14.0. The van der Waals surface area contributed by atoms with Gasteiger partial charge in [-0.2, -0.15) is 0 Å². The number of nitrogens with one attached hydrogen (secondary N) is 1. The van der Waals surface area contributed by atoms with E-state index >= 15 is 0 Å². The molecule has 0 saturated heterocycles. The van der Waals surface area contributed by atoms with Gasteiger partial charge >= 0.3 is 0 Å². The number of aliphatic imine (C=N–C) groups is 1. The number of guanidine groups is 1. The molecule has 1 aromatic carbocycles. The topological polar surface area (TPSA) is 47.9 Å². The van der Waals surface area contributed by atoms with E-state index in [0.29, 0.717) is 6.54 Å². The third-order valence-corrected chi connectivity index (χ3v) is 4.44. The maximum Gasteiger partial charge on any atom is 0.193 e. The molecule has 1 aromatic rings. The van der Waals surface area contributed by atoms with E-state index in [-0.39, 0.29) is 36.0 Å². The Morgan fingerprint density at radius 2 is 1.78 bits per heavy atom. The number of rotatable bonds is 8. The zero-order chi connectivity index (χ0) is 16.4. The van der Waals surface area contributed by atoms with Crippen molar-refractivity contribution in [3.8, 4) is 0 Å². The molecule has 0 aliphatic rings. The molecular weight excluding hydrogens is 401 g/mol. The summed E-state index contributed by atoms with van der Waals surface area (Å²) < 4.78 is 0. The second kappa shape index (κ2) is 11.7. The van der Waals surface area contributed by atoms with Gasteiger partial charge in [-0.15, -0.1) is 24.0 Å². The molecule has 2 N–H and O–H groups in total. The number of aliphatic hydroxyl groups excluding tert-OH is 1. The summed E-state index contributed by atoms with van der Waals surface area (Å²) in [5.41, 5.74) is 1.34. The van der Waals surface area contributed by atoms with Crippen LogP contribution < -0.4 is 5.32 Å². The van der Waals surface area contributed by atoms with Gasteiger partial charge in [-0.05, 0) is 30.2 Å². The molecule has 0 radical (unpaired) electrons. The highest BCUT2D eigenvalue weighted by atomic mass is 127. The summed E-state index contributed by atoms with van der Waals surface area (Å²) in [6.45, 7) is 6.13. The summed E-state index contributed by atoms with van der Waals surface area (Å²) in [6, 6.07) is 10.3. The first-order valence-electron chi connectivity index (χ1n) is 8.17. The summed E-state index contributed by atoms with van der Waals surface area (Å²) in [5.74, 6) is 0.896. The highest BCUT2D eigenvalue weighted by Gasteiger charge is 2.25. The van der Waals surface area contributed by atoms with Crippen molar-refractivity contribution in [2.24, 2.45) is 10.4 Å². The highest BCUT2D eigenvalue weighted by Crippen LogP contribution is 2.29. The van der Waals surface area contributed by atoms with Gasteiger partial charge in [0.2, 0.25) is 0 Å². The van der Waals surface area contributed by atoms with Crippen LogP contribution in [0.2, 0.25) is 0 Å². The normalized spacial score (nSPS) is 11.8. The summed E-state index contributed by atoms with van der Waals surface area (Å²) >= 11 is 0. The molecule has 0 aliphatic heterocycles. The lowest BCUT2D eigenvalue weighted by atomic mass is 9.79. The zero-order valence-corrected chi connectivity index (χ0v) is 17.2. The van der Waals surface area contributed by atoms with Crippen LogP contribution in [0, 0.1) is 5.41 Å². The summed E-state index contributed by atoms with van der Waals surface area (Å²) in [7, 11) is 4.00. The minimum atomic E-state index is 0. The fourth-order valence-corrected chi connectivity index (χ4v) is 2.55. The van der Waals surface area contributed by atoms with E-state index in [2.05, 4.69) is 31.3 Å². The smallest absolute Gasteiger partial charge is 0.193 e. The van der Waals surface area contributed by atoms with Crippen molar-refractivity contribution in [2.45, 2.75) is 39.7 Å². The fraction of sp³-hybridized carbons (Fsp3) is 0.611. The molecule has 0 aliphatic carbocycles. The lowest BCUT2D eigenvalue weighted by Gasteiger charge is -2.33. The average molecular weight is 433 g/mol. The van der Waals surface area contributed by atoms with Crippen molar-refractivity contribution in [2.75, 3.05) is 27.2 Å². The Bertz CT molecular complexity index is 445. The molecule has 4 nitrogen and oxygen atoms in total. The van der Waals surface area contributed by atoms with Gasteiger partial charge in [-0.25, -0.2) is 4.99 Å². The van der Waals surface area contributed by atoms with Crippen LogP contribution >= 0.6 is 24.0 Å². The Morgan fingerprint density at radius 3 is 2.26 bits per heavy atom. The molecule has 0 unspecified atom stereocenters. The van der Waals surface area contributed by atoms with Gasteiger partial charge in [0, 0.05) is 27.2 Å². The van der Waals surface area contributed by atoms with Gasteiger partial charge in [0.05, 0.1) is 6.54 Å². The Kier molecular flexibility index (Phi) is 11.3. The minimum absolute atomic E-state index is 0. The van der Waals surface area contributed by atoms with E-state index < -0.39 is 0 Å². The van der Waals surface area contributed by atoms with Crippen molar-refractivity contribution in [1.29, 1.82) is 0 Å². The van der Waals surface area contributed by atoms with Crippen molar-refractivity contribution >= 4 is 29.9 Å². The van der Waals surface area contributed by atoms with Crippen LogP contribution in [0.4, 0.5) is 0 Å². The molecule has 0 amide bonds. The summed E-state index contributed by atoms with van der Waals surface area (Å²) in [6.07, 6.45) is 2.93. The fourth-order valence-electron chi connectivity index (χ4n) is 2.55. The van der Waals surface area contributed by atoms with Crippen LogP contribution in [-0.4, -0.2) is 43.2 Å². The molecule has 0 heterocycles. The molecular formula is C18H32IN3O. The molecule has 0 bridgehead atoms. The molecule has 0 spiro atoms. The predicted molar refractivity (Wildman–Crippen MR) is 109 cm³/mol. The van der Waals surface area contributed by atoms with Gasteiger partial charge in [0.1, 0.15) is 0 Å². The molecule has 132 valence electrons. The first kappa shape index (κ1) is 22.2. The van der Waals surface area contributed by atoms with Crippen molar-refractivity contribution in [1.82, 2.24) is 10.2 Å². The monoisotopic (exact) mass is 433 g/mol. The van der Waals surface area contributed by atoms with E-state index in [1.807, 2.05) is 37.2 Å². The number of hydrogen-bond donors (Lipinski definition) is 2. The number of benzene rings is 1. The largest absolute Gasteiger partial charge is 0.396 e. The second-order valence-electron chi connectivity index (χ2n) is 6.05. The lowest BCUT2D eigenvalue weighted by molar-refractivity contribution is 0.169. The van der Waals surface area contributed by atoms with Gasteiger partial charge in [-0.1, -0.05) is 44.2 Å². The average Bonchev–Trinajstić information content (AvgIpc) is 2.54. The van der Waals surface area contributed by atoms with E-state index in [4.69, 9.17) is 4.99 Å². The summed E-state index contributed by atoms with van der Waals surface area (Å²) in [4.78, 5) is 6.71. The maximum absolute atomic E-state index is 9.32. The van der Waals surface area contributed by atoms with Crippen LogP contribution in [0.3, 0.4) is 0 Å². The molecule has 0 atom stereocenters. The van der Waals surface area contributed by atoms with Gasteiger partial charge in [0.25, 0.3) is 0 Å². The molecule has 1 rings (SSSR count). The van der Waals surface area contributed by atoms with Gasteiger partial charge < -0.3 is 15.3 Å². The summed E-state index contributed by atoms with van der Waals surface area (Å²) in [5, 5.41) is 12.8. The first-order valence-corrected chi connectivity index (χ1v) is 8.17. The lowest BCUT2D eigenvalue weighted by Crippen LogP contribution is -2.43. The van der Waals surface area contributed by atoms with E-state index in [9.17, 15) is 5.11 Å². The number of hydrogen-bond acceptors (Lipinski definition) is 2. The Labute approximate surface area is 158 Å². The van der Waals surface area contributed by atoms with Crippen LogP contribution in [0.15, 0.2) is 35.3 Å². The molecule has 5 heteroatoms. The Hall–Kier alpha value is -0.820. The number of nitrogens with zero attached hydrogens (tertiary/aromatic N) is 2. The first-order chi connectivity index (χ1) is 10.6. The standard InChI is InChI=1S/C18H31N3O.HI/c1-5-18(6-2,12-13-22)15-20-17(21(3)4)19-14-16-10-8-7-9-11-16;/h7-11,22H,5-6,12-15H2,1-4H3,(H,19,20);1H. The molecule has 0 aromatic heterocycles. The predicted octanol–water partition coefficient (Wildman–Crippen LogP) is 3.50. The quantitative estimate of drug-likeness (QED) is 0.375. The van der Waals surface area contributed by atoms with Crippen molar-refractivity contribution in [3.05, 3.63) is 35.9 Å². The number of halogens is 1. The molecule has 0 saturated carbocycles. The SMILES string of the molecule is CCC(CC)(CCO)CNC(=NCc1ccccc1)N(C)C.I. The van der Waals surface area contributed by atoms with E-state index in [0.717, 1.165) is 31.8 Å². The van der Waals surface area contributed by atoms with Crippen LogP contribution in [-0.2, 0) is 6.54 Å². The van der Waals surface area contributed by atoms with Gasteiger partial charge in [0.15, 0.2) is 5.96 Å². The van der Waals surface area contributed by atoms with E-state index in [1.54, 1.807) is 0 Å². The number of aliphatic hydroxyl groups is 1. The molecule has 23 heavy (non-hydrogen) atoms. The third kappa shape index (κ3) is 7.52. The Morgan fingerprint density at radius 1 is 1.17 bits per heavy atom. The van der Waals surface area contributed by atoms with Crippen LogP contribution in [0.1, 0.15) is 38.7 Å². The van der Waals surface area contributed by atoms with Crippen LogP contribution in [0.25, 0.3) is 0 Å². The zero-order valence-electron chi connectivity index (χ0n) is 14.9. The second-order valence-corrected chi connectivity index (χ2v) is 6.05. The van der Waals surface area contributed by atoms with Crippen molar-refractivity contribution < 1.29 is 5.11 Å². The van der Waals surface area contributed by atoms with Gasteiger partial charge in [-0.3, -0.25) is 0 Å². The maximum atomic E-state index is 9.32. The minimum Gasteiger partial charge on any atom is -0.396 e. The third-order valence-electron chi connectivity index (χ3n) is 4.44. The molecule has 0 fully saturated rings. The Balaban J connectivity index is 0.00000484. The van der Waals surface area contributed by atoms with Crippen molar-refractivity contribution in [3.63, 3.8) is 0 Å². The van der Waals surface area contributed by atoms with Crippen LogP contribution in [0.5, 0.6) is 0 Å².